The van der Waals surface area contributed by atoms with Crippen molar-refractivity contribution in [3.8, 4) is 16.3 Å². The van der Waals surface area contributed by atoms with Crippen LogP contribution in [0, 0.1) is 19.8 Å². The number of rotatable bonds is 4. The van der Waals surface area contributed by atoms with Crippen molar-refractivity contribution in [3.63, 3.8) is 0 Å². The van der Waals surface area contributed by atoms with E-state index in [1.807, 2.05) is 26.0 Å². The lowest BCUT2D eigenvalue weighted by Crippen LogP contribution is -1.85. The molecule has 0 amide bonds. The van der Waals surface area contributed by atoms with E-state index in [0.29, 0.717) is 5.75 Å². The van der Waals surface area contributed by atoms with E-state index in [2.05, 4.69) is 10.2 Å². The molecule has 19 heavy (non-hydrogen) atoms. The topological polar surface area (TPSA) is 46.0 Å². The Morgan fingerprint density at radius 1 is 1.21 bits per heavy atom. The quantitative estimate of drug-likeness (QED) is 0.920. The van der Waals surface area contributed by atoms with Crippen molar-refractivity contribution >= 4 is 11.3 Å². The van der Waals surface area contributed by atoms with Gasteiger partial charge in [0.2, 0.25) is 0 Å². The van der Waals surface area contributed by atoms with Gasteiger partial charge in [-0.15, -0.1) is 10.2 Å². The molecule has 2 aromatic rings. The molecule has 3 rings (SSSR count). The highest BCUT2D eigenvalue weighted by atomic mass is 32.1. The largest absolute Gasteiger partial charge is 0.507 e. The Morgan fingerprint density at radius 2 is 1.89 bits per heavy atom. The van der Waals surface area contributed by atoms with Crippen molar-refractivity contribution in [2.75, 3.05) is 0 Å². The number of benzene rings is 1. The van der Waals surface area contributed by atoms with Crippen LogP contribution in [0.4, 0.5) is 0 Å². The van der Waals surface area contributed by atoms with E-state index >= 15 is 0 Å². The van der Waals surface area contributed by atoms with Gasteiger partial charge in [0.05, 0.1) is 0 Å². The van der Waals surface area contributed by atoms with Crippen molar-refractivity contribution in [1.29, 1.82) is 0 Å². The maximum absolute atomic E-state index is 9.80. The Labute approximate surface area is 117 Å². The first-order valence-electron chi connectivity index (χ1n) is 6.76. The normalized spacial score (nSPS) is 14.8. The molecule has 1 heterocycles. The van der Waals surface area contributed by atoms with Crippen LogP contribution in [0.25, 0.3) is 10.6 Å². The van der Waals surface area contributed by atoms with Gasteiger partial charge in [-0.05, 0) is 49.4 Å². The third-order valence-electron chi connectivity index (χ3n) is 3.67. The highest BCUT2D eigenvalue weighted by molar-refractivity contribution is 7.14. The molecule has 0 bridgehead atoms. The lowest BCUT2D eigenvalue weighted by molar-refractivity contribution is 0.467. The molecule has 1 aromatic heterocycles. The second kappa shape index (κ2) is 4.93. The molecule has 0 aliphatic heterocycles. The molecule has 0 spiro atoms. The first-order valence-corrected chi connectivity index (χ1v) is 7.58. The molecule has 0 unspecified atom stereocenters. The second-order valence-corrected chi connectivity index (χ2v) is 6.50. The third-order valence-corrected chi connectivity index (χ3v) is 4.70. The minimum atomic E-state index is 0.377. The predicted octanol–water partition coefficient (Wildman–Crippen LogP) is 3.87. The summed E-state index contributed by atoms with van der Waals surface area (Å²) in [7, 11) is 0. The van der Waals surface area contributed by atoms with Gasteiger partial charge in [-0.25, -0.2) is 0 Å². The van der Waals surface area contributed by atoms with Gasteiger partial charge < -0.3 is 5.11 Å². The maximum atomic E-state index is 9.80. The van der Waals surface area contributed by atoms with Crippen molar-refractivity contribution in [1.82, 2.24) is 10.2 Å². The van der Waals surface area contributed by atoms with E-state index in [1.165, 1.54) is 19.3 Å². The number of aromatic nitrogens is 2. The number of nitrogens with zero attached hydrogens (tertiary/aromatic N) is 2. The van der Waals surface area contributed by atoms with Gasteiger partial charge in [-0.2, -0.15) is 0 Å². The minimum absolute atomic E-state index is 0.377. The van der Waals surface area contributed by atoms with Gasteiger partial charge in [0.25, 0.3) is 0 Å². The van der Waals surface area contributed by atoms with Crippen molar-refractivity contribution < 1.29 is 5.11 Å². The summed E-state index contributed by atoms with van der Waals surface area (Å²) in [5.41, 5.74) is 2.84. The van der Waals surface area contributed by atoms with Crippen LogP contribution >= 0.6 is 11.3 Å². The molecule has 3 nitrogen and oxygen atoms in total. The summed E-state index contributed by atoms with van der Waals surface area (Å²) < 4.78 is 0. The second-order valence-electron chi connectivity index (χ2n) is 5.44. The predicted molar refractivity (Wildman–Crippen MR) is 77.5 cm³/mol. The Bertz CT molecular complexity index is 579. The summed E-state index contributed by atoms with van der Waals surface area (Å²) in [4.78, 5) is 0. The van der Waals surface area contributed by atoms with E-state index in [9.17, 15) is 5.11 Å². The first kappa shape index (κ1) is 12.6. The van der Waals surface area contributed by atoms with Crippen LogP contribution in [-0.4, -0.2) is 15.3 Å². The fourth-order valence-electron chi connectivity index (χ4n) is 2.28. The number of hydrogen-bond acceptors (Lipinski definition) is 4. The fourth-order valence-corrected chi connectivity index (χ4v) is 3.13. The molecular formula is C15H18N2OS. The molecule has 1 saturated carbocycles. The van der Waals surface area contributed by atoms with Crippen LogP contribution in [0.15, 0.2) is 12.1 Å². The SMILES string of the molecule is Cc1cc(-c2nnc(CCC3CC3)s2)cc(C)c1O. The van der Waals surface area contributed by atoms with E-state index in [4.69, 9.17) is 0 Å². The molecule has 1 N–H and O–H groups in total. The number of phenolic OH excluding ortho intramolecular Hbond substituents is 1. The van der Waals surface area contributed by atoms with Crippen LogP contribution in [-0.2, 0) is 6.42 Å². The molecule has 0 atom stereocenters. The first-order chi connectivity index (χ1) is 9.13. The monoisotopic (exact) mass is 274 g/mol. The van der Waals surface area contributed by atoms with Crippen LogP contribution in [0.2, 0.25) is 0 Å². The molecular weight excluding hydrogens is 256 g/mol. The van der Waals surface area contributed by atoms with E-state index in [-0.39, 0.29) is 0 Å². The Morgan fingerprint density at radius 3 is 2.53 bits per heavy atom. The number of aryl methyl sites for hydroxylation is 3. The highest BCUT2D eigenvalue weighted by Crippen LogP contribution is 2.35. The zero-order chi connectivity index (χ0) is 13.4. The smallest absolute Gasteiger partial charge is 0.147 e. The van der Waals surface area contributed by atoms with Crippen molar-refractivity contribution in [2.45, 2.75) is 39.5 Å². The molecule has 1 aromatic carbocycles. The summed E-state index contributed by atoms with van der Waals surface area (Å²) in [6.07, 6.45) is 5.09. The number of aromatic hydroxyl groups is 1. The van der Waals surface area contributed by atoms with E-state index in [0.717, 1.165) is 39.0 Å². The molecule has 1 aliphatic rings. The van der Waals surface area contributed by atoms with Gasteiger partial charge in [0.15, 0.2) is 0 Å². The van der Waals surface area contributed by atoms with E-state index < -0.39 is 0 Å². The lowest BCUT2D eigenvalue weighted by Gasteiger charge is -2.05. The van der Waals surface area contributed by atoms with Crippen molar-refractivity contribution in [2.24, 2.45) is 5.92 Å². The molecule has 1 fully saturated rings. The molecule has 4 heteroatoms. The zero-order valence-corrected chi connectivity index (χ0v) is 12.1. The highest BCUT2D eigenvalue weighted by Gasteiger charge is 2.21. The van der Waals surface area contributed by atoms with Gasteiger partial charge in [-0.1, -0.05) is 24.2 Å². The summed E-state index contributed by atoms with van der Waals surface area (Å²) >= 11 is 1.68. The fraction of sp³-hybridized carbons (Fsp3) is 0.467. The molecule has 1 aliphatic carbocycles. The molecule has 0 radical (unpaired) electrons. The summed E-state index contributed by atoms with van der Waals surface area (Å²) in [6.45, 7) is 3.84. The van der Waals surface area contributed by atoms with Crippen LogP contribution in [0.5, 0.6) is 5.75 Å². The Balaban J connectivity index is 1.81. The summed E-state index contributed by atoms with van der Waals surface area (Å²) in [5, 5.41) is 20.5. The summed E-state index contributed by atoms with van der Waals surface area (Å²) in [6, 6.07) is 3.96. The third kappa shape index (κ3) is 2.78. The van der Waals surface area contributed by atoms with Gasteiger partial charge in [-0.3, -0.25) is 0 Å². The summed E-state index contributed by atoms with van der Waals surface area (Å²) in [5.74, 6) is 1.31. The molecule has 100 valence electrons. The van der Waals surface area contributed by atoms with Crippen LogP contribution in [0.1, 0.15) is 35.4 Å². The Kier molecular flexibility index (Phi) is 3.27. The van der Waals surface area contributed by atoms with Gasteiger partial charge >= 0.3 is 0 Å². The lowest BCUT2D eigenvalue weighted by atomic mass is 10.1. The van der Waals surface area contributed by atoms with Gasteiger partial charge in [0.1, 0.15) is 15.8 Å². The van der Waals surface area contributed by atoms with Crippen LogP contribution < -0.4 is 0 Å². The Hall–Kier alpha value is -1.42. The van der Waals surface area contributed by atoms with Crippen LogP contribution in [0.3, 0.4) is 0 Å². The minimum Gasteiger partial charge on any atom is -0.507 e. The standard InChI is InChI=1S/C15H18N2OS/c1-9-7-12(8-10(2)14(9)18)15-17-16-13(19-15)6-5-11-3-4-11/h7-8,11,18H,3-6H2,1-2H3. The maximum Gasteiger partial charge on any atom is 0.147 e. The molecule has 0 saturated heterocycles. The average Bonchev–Trinajstić information content (AvgIpc) is 3.10. The van der Waals surface area contributed by atoms with Gasteiger partial charge in [0, 0.05) is 12.0 Å². The number of phenols is 1. The average molecular weight is 274 g/mol. The zero-order valence-electron chi connectivity index (χ0n) is 11.3. The van der Waals surface area contributed by atoms with E-state index in [1.54, 1.807) is 11.3 Å². The number of hydrogen-bond donors (Lipinski definition) is 1. The van der Waals surface area contributed by atoms with Crippen molar-refractivity contribution in [3.05, 3.63) is 28.3 Å².